The van der Waals surface area contributed by atoms with Crippen molar-refractivity contribution >= 4 is 27.6 Å². The molecule has 0 heterocycles. The first kappa shape index (κ1) is 15.9. The molecule has 1 rings (SSSR count). The number of aliphatic carboxylic acids is 1. The van der Waals surface area contributed by atoms with Gasteiger partial charge in [0.1, 0.15) is 4.90 Å². The summed E-state index contributed by atoms with van der Waals surface area (Å²) < 4.78 is 39.8. The molecule has 0 aliphatic rings. The van der Waals surface area contributed by atoms with Crippen LogP contribution in [-0.4, -0.2) is 25.0 Å². The van der Waals surface area contributed by atoms with Crippen LogP contribution in [0, 0.1) is 5.82 Å². The van der Waals surface area contributed by atoms with E-state index in [0.29, 0.717) is 0 Å². The first-order valence-corrected chi connectivity index (χ1v) is 7.11. The van der Waals surface area contributed by atoms with Gasteiger partial charge in [0.05, 0.1) is 11.4 Å². The SMILES string of the molecule is CC(C)(CC(=O)O)NS(=O)(=O)c1cccc(Cl)c1F. The molecule has 0 atom stereocenters. The second kappa shape index (κ2) is 5.44. The summed E-state index contributed by atoms with van der Waals surface area (Å²) in [6.07, 6.45) is -0.436. The predicted molar refractivity (Wildman–Crippen MR) is 68.1 cm³/mol. The van der Waals surface area contributed by atoms with Gasteiger partial charge in [0.2, 0.25) is 10.0 Å². The molecule has 0 aliphatic carbocycles. The number of nitrogens with one attached hydrogen (secondary N) is 1. The summed E-state index contributed by atoms with van der Waals surface area (Å²) in [6.45, 7) is 2.78. The predicted octanol–water partition coefficient (Wildman–Crippen LogP) is 2.01. The van der Waals surface area contributed by atoms with E-state index in [0.717, 1.165) is 6.07 Å². The minimum atomic E-state index is -4.19. The summed E-state index contributed by atoms with van der Waals surface area (Å²) in [5.74, 6) is -2.23. The van der Waals surface area contributed by atoms with Gasteiger partial charge >= 0.3 is 5.97 Å². The van der Waals surface area contributed by atoms with E-state index in [9.17, 15) is 17.6 Å². The Morgan fingerprint density at radius 2 is 2.05 bits per heavy atom. The lowest BCUT2D eigenvalue weighted by molar-refractivity contribution is -0.138. The molecule has 2 N–H and O–H groups in total. The second-order valence-electron chi connectivity index (χ2n) is 4.61. The van der Waals surface area contributed by atoms with Crippen molar-refractivity contribution in [1.82, 2.24) is 4.72 Å². The highest BCUT2D eigenvalue weighted by atomic mass is 35.5. The van der Waals surface area contributed by atoms with E-state index >= 15 is 0 Å². The summed E-state index contributed by atoms with van der Waals surface area (Å²) >= 11 is 5.51. The number of halogens is 2. The Hall–Kier alpha value is -1.18. The van der Waals surface area contributed by atoms with Gasteiger partial charge in [0.25, 0.3) is 0 Å². The fourth-order valence-corrected chi connectivity index (χ4v) is 3.27. The van der Waals surface area contributed by atoms with Gasteiger partial charge in [0, 0.05) is 5.54 Å². The molecular formula is C11H13ClFNO4S. The summed E-state index contributed by atoms with van der Waals surface area (Å²) in [6, 6.07) is 3.57. The van der Waals surface area contributed by atoms with Crippen LogP contribution in [0.25, 0.3) is 0 Å². The summed E-state index contributed by atoms with van der Waals surface area (Å²) in [4.78, 5) is 10.0. The highest BCUT2D eigenvalue weighted by molar-refractivity contribution is 7.89. The monoisotopic (exact) mass is 309 g/mol. The fourth-order valence-electron chi connectivity index (χ4n) is 1.52. The molecule has 19 heavy (non-hydrogen) atoms. The molecule has 0 fully saturated rings. The topological polar surface area (TPSA) is 83.5 Å². The molecule has 8 heteroatoms. The Morgan fingerprint density at radius 1 is 1.47 bits per heavy atom. The van der Waals surface area contributed by atoms with Crippen molar-refractivity contribution < 1.29 is 22.7 Å². The van der Waals surface area contributed by atoms with E-state index in [2.05, 4.69) is 4.72 Å². The average Bonchev–Trinajstić information content (AvgIpc) is 2.17. The molecule has 5 nitrogen and oxygen atoms in total. The molecule has 1 aromatic carbocycles. The van der Waals surface area contributed by atoms with Crippen molar-refractivity contribution in [2.45, 2.75) is 30.7 Å². The van der Waals surface area contributed by atoms with Crippen LogP contribution in [0.5, 0.6) is 0 Å². The largest absolute Gasteiger partial charge is 0.481 e. The molecule has 106 valence electrons. The van der Waals surface area contributed by atoms with Crippen LogP contribution >= 0.6 is 11.6 Å². The van der Waals surface area contributed by atoms with E-state index < -0.39 is 38.7 Å². The zero-order valence-electron chi connectivity index (χ0n) is 10.3. The first-order chi connectivity index (χ1) is 8.55. The molecule has 0 bridgehead atoms. The Bertz CT molecular complexity index is 601. The van der Waals surface area contributed by atoms with Crippen molar-refractivity contribution in [3.63, 3.8) is 0 Å². The normalized spacial score (nSPS) is 12.4. The number of benzene rings is 1. The molecule has 0 saturated heterocycles. The smallest absolute Gasteiger partial charge is 0.305 e. The number of carbonyl (C=O) groups is 1. The van der Waals surface area contributed by atoms with Gasteiger partial charge in [-0.2, -0.15) is 0 Å². The van der Waals surface area contributed by atoms with Gasteiger partial charge < -0.3 is 5.11 Å². The molecule has 0 unspecified atom stereocenters. The molecule has 0 aromatic heterocycles. The third kappa shape index (κ3) is 4.15. The molecule has 0 saturated carbocycles. The van der Waals surface area contributed by atoms with Crippen molar-refractivity contribution in [3.05, 3.63) is 29.0 Å². The molecule has 0 aliphatic heterocycles. The maximum Gasteiger partial charge on any atom is 0.305 e. The molecule has 0 radical (unpaired) electrons. The lowest BCUT2D eigenvalue weighted by Gasteiger charge is -2.24. The molecular weight excluding hydrogens is 297 g/mol. The lowest BCUT2D eigenvalue weighted by Crippen LogP contribution is -2.45. The van der Waals surface area contributed by atoms with E-state index in [1.807, 2.05) is 0 Å². The Balaban J connectivity index is 3.12. The van der Waals surface area contributed by atoms with Crippen LogP contribution in [0.1, 0.15) is 20.3 Å². The van der Waals surface area contributed by atoms with Crippen molar-refractivity contribution in [1.29, 1.82) is 0 Å². The highest BCUT2D eigenvalue weighted by Gasteiger charge is 2.30. The van der Waals surface area contributed by atoms with Crippen LogP contribution in [0.3, 0.4) is 0 Å². The second-order valence-corrected chi connectivity index (χ2v) is 6.67. The van der Waals surface area contributed by atoms with Gasteiger partial charge in [-0.05, 0) is 26.0 Å². The van der Waals surface area contributed by atoms with E-state index in [-0.39, 0.29) is 5.02 Å². The molecule has 0 amide bonds. The van der Waals surface area contributed by atoms with Crippen LogP contribution < -0.4 is 4.72 Å². The molecule has 1 aromatic rings. The van der Waals surface area contributed by atoms with Crippen LogP contribution in [0.15, 0.2) is 23.1 Å². The quantitative estimate of drug-likeness (QED) is 0.871. The fraction of sp³-hybridized carbons (Fsp3) is 0.364. The number of rotatable bonds is 5. The lowest BCUT2D eigenvalue weighted by atomic mass is 10.0. The summed E-state index contributed by atoms with van der Waals surface area (Å²) in [5, 5.41) is 8.36. The Labute approximate surface area is 115 Å². The standard InChI is InChI=1S/C11H13ClFNO4S/c1-11(2,6-9(15)16)14-19(17,18)8-5-3-4-7(12)10(8)13/h3-5,14H,6H2,1-2H3,(H,15,16). The zero-order chi connectivity index (χ0) is 14.8. The third-order valence-electron chi connectivity index (χ3n) is 2.21. The van der Waals surface area contributed by atoms with Crippen LogP contribution in [0.4, 0.5) is 4.39 Å². The van der Waals surface area contributed by atoms with Gasteiger partial charge in [-0.1, -0.05) is 17.7 Å². The Kier molecular flexibility index (Phi) is 4.54. The average molecular weight is 310 g/mol. The van der Waals surface area contributed by atoms with E-state index in [1.54, 1.807) is 0 Å². The number of hydrogen-bond donors (Lipinski definition) is 2. The third-order valence-corrected chi connectivity index (χ3v) is 4.22. The maximum absolute atomic E-state index is 13.7. The molecule has 0 spiro atoms. The van der Waals surface area contributed by atoms with Crippen LogP contribution in [0.2, 0.25) is 5.02 Å². The number of carboxylic acid groups (broad SMARTS) is 1. The Morgan fingerprint density at radius 3 is 2.58 bits per heavy atom. The highest BCUT2D eigenvalue weighted by Crippen LogP contribution is 2.23. The summed E-state index contributed by atoms with van der Waals surface area (Å²) in [5.41, 5.74) is -1.25. The minimum Gasteiger partial charge on any atom is -0.481 e. The number of sulfonamides is 1. The van der Waals surface area contributed by atoms with E-state index in [1.165, 1.54) is 26.0 Å². The van der Waals surface area contributed by atoms with Gasteiger partial charge in [-0.15, -0.1) is 0 Å². The van der Waals surface area contributed by atoms with Crippen molar-refractivity contribution in [2.75, 3.05) is 0 Å². The zero-order valence-corrected chi connectivity index (χ0v) is 11.8. The van der Waals surface area contributed by atoms with Crippen molar-refractivity contribution in [3.8, 4) is 0 Å². The number of carboxylic acids is 1. The van der Waals surface area contributed by atoms with Gasteiger partial charge in [-0.3, -0.25) is 4.79 Å². The van der Waals surface area contributed by atoms with Crippen molar-refractivity contribution in [2.24, 2.45) is 0 Å². The van der Waals surface area contributed by atoms with E-state index in [4.69, 9.17) is 16.7 Å². The summed E-state index contributed by atoms with van der Waals surface area (Å²) in [7, 11) is -4.19. The maximum atomic E-state index is 13.7. The van der Waals surface area contributed by atoms with Crippen LogP contribution in [-0.2, 0) is 14.8 Å². The van der Waals surface area contributed by atoms with Gasteiger partial charge in [-0.25, -0.2) is 17.5 Å². The van der Waals surface area contributed by atoms with Gasteiger partial charge in [0.15, 0.2) is 5.82 Å². The first-order valence-electron chi connectivity index (χ1n) is 5.25. The number of hydrogen-bond acceptors (Lipinski definition) is 3. The minimum absolute atomic E-state index is 0.320.